The van der Waals surface area contributed by atoms with Crippen LogP contribution in [0.25, 0.3) is 0 Å². The molecular weight excluding hydrogens is 295 g/mol. The highest BCUT2D eigenvalue weighted by molar-refractivity contribution is 6.33. The van der Waals surface area contributed by atoms with Gasteiger partial charge >= 0.3 is 0 Å². The van der Waals surface area contributed by atoms with Gasteiger partial charge < -0.3 is 9.84 Å². The van der Waals surface area contributed by atoms with Crippen molar-refractivity contribution in [2.45, 2.75) is 57.2 Å². The number of ether oxygens (including phenoxy) is 1. The van der Waals surface area contributed by atoms with Gasteiger partial charge in [0, 0.05) is 22.2 Å². The maximum absolute atomic E-state index is 10.9. The van der Waals surface area contributed by atoms with Gasteiger partial charge in [0.25, 0.3) is 0 Å². The van der Waals surface area contributed by atoms with Crippen molar-refractivity contribution in [3.05, 3.63) is 33.8 Å². The molecule has 2 nitrogen and oxygen atoms in total. The fourth-order valence-corrected chi connectivity index (χ4v) is 3.52. The zero-order valence-corrected chi connectivity index (χ0v) is 13.4. The smallest absolute Gasteiger partial charge is 0.109 e. The largest absolute Gasteiger partial charge is 0.385 e. The van der Waals surface area contributed by atoms with Gasteiger partial charge in [-0.15, -0.1) is 0 Å². The molecule has 1 saturated carbocycles. The van der Waals surface area contributed by atoms with Gasteiger partial charge in [0.15, 0.2) is 0 Å². The predicted molar refractivity (Wildman–Crippen MR) is 83.5 cm³/mol. The van der Waals surface area contributed by atoms with Crippen molar-refractivity contribution >= 4 is 23.2 Å². The molecule has 2 rings (SSSR count). The van der Waals surface area contributed by atoms with Crippen molar-refractivity contribution < 1.29 is 9.84 Å². The Bertz CT molecular complexity index is 440. The van der Waals surface area contributed by atoms with E-state index in [1.807, 2.05) is 6.92 Å². The molecule has 1 aromatic rings. The Balaban J connectivity index is 2.34. The van der Waals surface area contributed by atoms with Gasteiger partial charge in [-0.3, -0.25) is 0 Å². The molecule has 0 bridgehead atoms. The first kappa shape index (κ1) is 16.1. The van der Waals surface area contributed by atoms with Crippen molar-refractivity contribution in [2.24, 2.45) is 0 Å². The average molecular weight is 317 g/mol. The molecule has 1 aliphatic rings. The van der Waals surface area contributed by atoms with Crippen molar-refractivity contribution in [3.8, 4) is 0 Å². The Hall–Kier alpha value is -0.280. The third-order valence-corrected chi connectivity index (χ3v) is 4.71. The Morgan fingerprint density at radius 3 is 2.45 bits per heavy atom. The molecule has 0 spiro atoms. The second kappa shape index (κ2) is 7.13. The summed E-state index contributed by atoms with van der Waals surface area (Å²) in [5.41, 5.74) is 0.147. The monoisotopic (exact) mass is 316 g/mol. The molecule has 1 N–H and O–H groups in total. The summed E-state index contributed by atoms with van der Waals surface area (Å²) in [5, 5.41) is 12.0. The van der Waals surface area contributed by atoms with Crippen molar-refractivity contribution in [3.63, 3.8) is 0 Å². The van der Waals surface area contributed by atoms with E-state index in [0.29, 0.717) is 22.2 Å². The fourth-order valence-electron chi connectivity index (χ4n) is 3.12. The van der Waals surface area contributed by atoms with Crippen LogP contribution in [0, 0.1) is 0 Å². The Morgan fingerprint density at radius 2 is 1.85 bits per heavy atom. The topological polar surface area (TPSA) is 29.5 Å². The van der Waals surface area contributed by atoms with Crippen LogP contribution in [-0.2, 0) is 4.74 Å². The van der Waals surface area contributed by atoms with Crippen LogP contribution in [0.15, 0.2) is 18.2 Å². The number of hydrogen-bond acceptors (Lipinski definition) is 2. The van der Waals surface area contributed by atoms with E-state index < -0.39 is 11.7 Å². The Labute approximate surface area is 131 Å². The van der Waals surface area contributed by atoms with E-state index in [-0.39, 0.29) is 0 Å². The summed E-state index contributed by atoms with van der Waals surface area (Å²) in [7, 11) is 0. The molecule has 1 unspecified atom stereocenters. The van der Waals surface area contributed by atoms with Crippen LogP contribution in [0.3, 0.4) is 0 Å². The molecule has 0 saturated heterocycles. The van der Waals surface area contributed by atoms with Crippen molar-refractivity contribution in [2.75, 3.05) is 6.61 Å². The molecule has 0 aliphatic heterocycles. The van der Waals surface area contributed by atoms with Gasteiger partial charge in [-0.1, -0.05) is 48.9 Å². The first-order valence-electron chi connectivity index (χ1n) is 7.36. The van der Waals surface area contributed by atoms with Gasteiger partial charge in [0.05, 0.1) is 5.60 Å². The molecule has 4 heteroatoms. The molecule has 1 aliphatic carbocycles. The molecule has 0 heterocycles. The molecule has 0 radical (unpaired) electrons. The second-order valence-electron chi connectivity index (χ2n) is 5.48. The zero-order valence-electron chi connectivity index (χ0n) is 11.9. The lowest BCUT2D eigenvalue weighted by molar-refractivity contribution is -0.131. The summed E-state index contributed by atoms with van der Waals surface area (Å²) < 4.78 is 6.01. The molecule has 20 heavy (non-hydrogen) atoms. The van der Waals surface area contributed by atoms with Crippen LogP contribution in [-0.4, -0.2) is 17.3 Å². The summed E-state index contributed by atoms with van der Waals surface area (Å²) in [6.07, 6.45) is 5.56. The number of halogens is 2. The summed E-state index contributed by atoms with van der Waals surface area (Å²) in [6.45, 7) is 2.56. The van der Waals surface area contributed by atoms with Crippen LogP contribution in [0.1, 0.15) is 57.1 Å². The highest BCUT2D eigenvalue weighted by atomic mass is 35.5. The van der Waals surface area contributed by atoms with Crippen LogP contribution in [0.2, 0.25) is 10.0 Å². The first-order valence-corrected chi connectivity index (χ1v) is 8.11. The lowest BCUT2D eigenvalue weighted by atomic mass is 9.84. The van der Waals surface area contributed by atoms with E-state index in [4.69, 9.17) is 27.9 Å². The number of rotatable bonds is 4. The summed E-state index contributed by atoms with van der Waals surface area (Å²) in [6, 6.07) is 5.22. The van der Waals surface area contributed by atoms with E-state index >= 15 is 0 Å². The Kier molecular flexibility index (Phi) is 5.74. The maximum Gasteiger partial charge on any atom is 0.109 e. The van der Waals surface area contributed by atoms with Crippen molar-refractivity contribution in [1.82, 2.24) is 0 Å². The van der Waals surface area contributed by atoms with E-state index in [9.17, 15) is 5.11 Å². The highest BCUT2D eigenvalue weighted by Gasteiger charge is 2.40. The number of benzene rings is 1. The number of aliphatic hydroxyl groups excluding tert-OH is 1. The lowest BCUT2D eigenvalue weighted by Crippen LogP contribution is -2.39. The summed E-state index contributed by atoms with van der Waals surface area (Å²) in [5.74, 6) is 0. The minimum atomic E-state index is -0.730. The number of aliphatic hydroxyl groups is 1. The molecule has 0 aromatic heterocycles. The molecule has 1 fully saturated rings. The second-order valence-corrected chi connectivity index (χ2v) is 6.32. The normalized spacial score (nSPS) is 20.4. The zero-order chi connectivity index (χ0) is 14.6. The third-order valence-electron chi connectivity index (χ3n) is 4.13. The first-order chi connectivity index (χ1) is 9.59. The van der Waals surface area contributed by atoms with Gasteiger partial charge in [-0.25, -0.2) is 0 Å². The van der Waals surface area contributed by atoms with Crippen LogP contribution < -0.4 is 0 Å². The number of hydrogen-bond donors (Lipinski definition) is 1. The van der Waals surface area contributed by atoms with Gasteiger partial charge in [-0.2, -0.15) is 0 Å². The molecule has 0 amide bonds. The van der Waals surface area contributed by atoms with Crippen LogP contribution >= 0.6 is 23.2 Å². The Morgan fingerprint density at radius 1 is 1.20 bits per heavy atom. The summed E-state index contributed by atoms with van der Waals surface area (Å²) in [4.78, 5) is 0. The molecular formula is C16H22Cl2O2. The minimum Gasteiger partial charge on any atom is -0.385 e. The SMILES string of the molecule is CCOC1(C(O)c2cc(Cl)ccc2Cl)CCCCCC1. The van der Waals surface area contributed by atoms with Crippen LogP contribution in [0.4, 0.5) is 0 Å². The lowest BCUT2D eigenvalue weighted by Gasteiger charge is -2.37. The van der Waals surface area contributed by atoms with Crippen LogP contribution in [0.5, 0.6) is 0 Å². The van der Waals surface area contributed by atoms with E-state index in [2.05, 4.69) is 0 Å². The molecule has 1 aromatic carbocycles. The summed E-state index contributed by atoms with van der Waals surface area (Å²) >= 11 is 12.3. The van der Waals surface area contributed by atoms with E-state index in [1.54, 1.807) is 18.2 Å². The van der Waals surface area contributed by atoms with Gasteiger partial charge in [0.2, 0.25) is 0 Å². The minimum absolute atomic E-state index is 0.528. The average Bonchev–Trinajstić information content (AvgIpc) is 2.68. The van der Waals surface area contributed by atoms with Gasteiger partial charge in [-0.05, 0) is 38.0 Å². The molecule has 112 valence electrons. The van der Waals surface area contributed by atoms with Gasteiger partial charge in [0.1, 0.15) is 6.10 Å². The van der Waals surface area contributed by atoms with E-state index in [0.717, 1.165) is 25.7 Å². The third kappa shape index (κ3) is 3.48. The van der Waals surface area contributed by atoms with Crippen molar-refractivity contribution in [1.29, 1.82) is 0 Å². The standard InChI is InChI=1S/C16H22Cl2O2/c1-2-20-16(9-5-3-4-6-10-16)15(19)13-11-12(17)7-8-14(13)18/h7-8,11,15,19H,2-6,9-10H2,1H3. The molecule has 1 atom stereocenters. The quantitative estimate of drug-likeness (QED) is 0.778. The fraction of sp³-hybridized carbons (Fsp3) is 0.625. The van der Waals surface area contributed by atoms with E-state index in [1.165, 1.54) is 12.8 Å². The highest BCUT2D eigenvalue weighted by Crippen LogP contribution is 2.42. The maximum atomic E-state index is 10.9. The predicted octanol–water partition coefficient (Wildman–Crippen LogP) is 5.16.